The summed E-state index contributed by atoms with van der Waals surface area (Å²) in [7, 11) is 0. The van der Waals surface area contributed by atoms with E-state index in [1.165, 1.54) is 5.56 Å². The number of benzene rings is 1. The lowest BCUT2D eigenvalue weighted by Gasteiger charge is -2.27. The van der Waals surface area contributed by atoms with E-state index in [0.717, 1.165) is 25.2 Å². The molecule has 1 heterocycles. The third-order valence-corrected chi connectivity index (χ3v) is 3.41. The Hall–Kier alpha value is -1.31. The Morgan fingerprint density at radius 2 is 2.24 bits per heavy atom. The van der Waals surface area contributed by atoms with Crippen molar-refractivity contribution in [2.24, 2.45) is 5.92 Å². The van der Waals surface area contributed by atoms with Crippen molar-refractivity contribution in [3.63, 3.8) is 0 Å². The summed E-state index contributed by atoms with van der Waals surface area (Å²) in [5, 5.41) is 0. The summed E-state index contributed by atoms with van der Waals surface area (Å²) in [4.78, 5) is 11.1. The van der Waals surface area contributed by atoms with Crippen LogP contribution < -0.4 is 4.74 Å². The fourth-order valence-corrected chi connectivity index (χ4v) is 2.72. The van der Waals surface area contributed by atoms with Gasteiger partial charge in [-0.2, -0.15) is 0 Å². The zero-order chi connectivity index (χ0) is 12.3. The Kier molecular flexibility index (Phi) is 3.82. The third-order valence-electron chi connectivity index (χ3n) is 3.41. The van der Waals surface area contributed by atoms with Crippen LogP contribution in [-0.4, -0.2) is 12.4 Å². The summed E-state index contributed by atoms with van der Waals surface area (Å²) in [5.74, 6) is 2.33. The number of fused-ring (bicyclic) bond motifs is 1. The van der Waals surface area contributed by atoms with E-state index in [9.17, 15) is 4.79 Å². The van der Waals surface area contributed by atoms with Crippen LogP contribution in [0.25, 0.3) is 0 Å². The first kappa shape index (κ1) is 12.2. The average Bonchev–Trinajstić information content (AvgIpc) is 2.28. The minimum atomic E-state index is 0.290. The van der Waals surface area contributed by atoms with Crippen molar-refractivity contribution in [2.45, 2.75) is 39.0 Å². The van der Waals surface area contributed by atoms with Gasteiger partial charge in [0, 0.05) is 6.42 Å². The van der Waals surface area contributed by atoms with Crippen LogP contribution in [0.2, 0.25) is 0 Å². The molecule has 0 fully saturated rings. The molecule has 0 saturated carbocycles. The van der Waals surface area contributed by atoms with Gasteiger partial charge in [-0.15, -0.1) is 0 Å². The van der Waals surface area contributed by atoms with E-state index >= 15 is 0 Å². The van der Waals surface area contributed by atoms with E-state index in [0.29, 0.717) is 18.3 Å². The molecule has 0 spiro atoms. The van der Waals surface area contributed by atoms with Crippen molar-refractivity contribution in [3.05, 3.63) is 29.8 Å². The maximum Gasteiger partial charge on any atom is 0.130 e. The molecule has 0 N–H and O–H groups in total. The number of Topliss-reactive ketones (excluding diaryl/α,β-unsaturated/α-hetero) is 1. The minimum Gasteiger partial charge on any atom is -0.493 e. The first-order chi connectivity index (χ1) is 8.16. The molecule has 0 amide bonds. The number of ether oxygens (including phenoxy) is 1. The fourth-order valence-electron chi connectivity index (χ4n) is 2.72. The number of para-hydroxylation sites is 1. The summed E-state index contributed by atoms with van der Waals surface area (Å²) < 4.78 is 5.65. The molecule has 1 aliphatic rings. The largest absolute Gasteiger partial charge is 0.493 e. The second-order valence-corrected chi connectivity index (χ2v) is 5.12. The lowest BCUT2D eigenvalue weighted by molar-refractivity contribution is -0.117. The van der Waals surface area contributed by atoms with Crippen LogP contribution in [-0.2, 0) is 4.79 Å². The highest BCUT2D eigenvalue weighted by Gasteiger charge is 2.23. The molecule has 2 unspecified atom stereocenters. The maximum absolute atomic E-state index is 11.1. The molecule has 0 aromatic heterocycles. The molecule has 92 valence electrons. The number of ketones is 1. The van der Waals surface area contributed by atoms with Crippen LogP contribution in [0.15, 0.2) is 24.3 Å². The van der Waals surface area contributed by atoms with Gasteiger partial charge in [-0.1, -0.05) is 25.1 Å². The molecule has 0 bridgehead atoms. The van der Waals surface area contributed by atoms with Gasteiger partial charge in [0.15, 0.2) is 0 Å². The number of hydrogen-bond donors (Lipinski definition) is 0. The van der Waals surface area contributed by atoms with Gasteiger partial charge >= 0.3 is 0 Å². The Bertz CT molecular complexity index is 398. The predicted octanol–water partition coefficient (Wildman–Crippen LogP) is 3.56. The zero-order valence-corrected chi connectivity index (χ0v) is 10.6. The van der Waals surface area contributed by atoms with Crippen molar-refractivity contribution in [1.29, 1.82) is 0 Å². The number of carbonyl (C=O) groups excluding carboxylic acids is 1. The third kappa shape index (κ3) is 3.09. The zero-order valence-electron chi connectivity index (χ0n) is 10.6. The lowest BCUT2D eigenvalue weighted by atomic mass is 9.84. The summed E-state index contributed by atoms with van der Waals surface area (Å²) in [6.07, 6.45) is 2.85. The Morgan fingerprint density at radius 1 is 1.47 bits per heavy atom. The van der Waals surface area contributed by atoms with Crippen LogP contribution >= 0.6 is 0 Å². The average molecular weight is 232 g/mol. The minimum absolute atomic E-state index is 0.290. The second kappa shape index (κ2) is 5.35. The standard InChI is InChI=1S/C15H20O2/c1-11(9-12(2)16)10-13-7-8-17-15-6-4-3-5-14(13)15/h3-6,11,13H,7-10H2,1-2H3. The molecule has 0 radical (unpaired) electrons. The van der Waals surface area contributed by atoms with Crippen molar-refractivity contribution in [3.8, 4) is 5.75 Å². The molecule has 2 heteroatoms. The molecule has 1 aromatic rings. The molecular weight excluding hydrogens is 212 g/mol. The predicted molar refractivity (Wildman–Crippen MR) is 68.4 cm³/mol. The van der Waals surface area contributed by atoms with E-state index in [2.05, 4.69) is 19.1 Å². The van der Waals surface area contributed by atoms with E-state index in [-0.39, 0.29) is 5.78 Å². The molecule has 2 nitrogen and oxygen atoms in total. The van der Waals surface area contributed by atoms with Crippen molar-refractivity contribution >= 4 is 5.78 Å². The highest BCUT2D eigenvalue weighted by Crippen LogP contribution is 2.37. The van der Waals surface area contributed by atoms with Crippen LogP contribution in [0, 0.1) is 5.92 Å². The quantitative estimate of drug-likeness (QED) is 0.793. The molecule has 1 aliphatic heterocycles. The van der Waals surface area contributed by atoms with Crippen molar-refractivity contribution in [1.82, 2.24) is 0 Å². The lowest BCUT2D eigenvalue weighted by Crippen LogP contribution is -2.17. The Morgan fingerprint density at radius 3 is 3.00 bits per heavy atom. The van der Waals surface area contributed by atoms with E-state index in [1.807, 2.05) is 12.1 Å². The topological polar surface area (TPSA) is 26.3 Å². The van der Waals surface area contributed by atoms with Gasteiger partial charge in [-0.05, 0) is 43.2 Å². The van der Waals surface area contributed by atoms with Crippen molar-refractivity contribution in [2.75, 3.05) is 6.61 Å². The highest BCUT2D eigenvalue weighted by atomic mass is 16.5. The van der Waals surface area contributed by atoms with E-state index in [4.69, 9.17) is 4.74 Å². The monoisotopic (exact) mass is 232 g/mol. The van der Waals surface area contributed by atoms with Crippen LogP contribution in [0.1, 0.15) is 44.6 Å². The summed E-state index contributed by atoms with van der Waals surface area (Å²) in [6.45, 7) is 4.64. The van der Waals surface area contributed by atoms with E-state index < -0.39 is 0 Å². The van der Waals surface area contributed by atoms with Gasteiger partial charge in [0.2, 0.25) is 0 Å². The van der Waals surface area contributed by atoms with Crippen LogP contribution in [0.5, 0.6) is 5.75 Å². The van der Waals surface area contributed by atoms with E-state index in [1.54, 1.807) is 6.92 Å². The van der Waals surface area contributed by atoms with Gasteiger partial charge in [0.05, 0.1) is 6.61 Å². The Balaban J connectivity index is 2.05. The van der Waals surface area contributed by atoms with Crippen LogP contribution in [0.4, 0.5) is 0 Å². The Labute approximate surface area is 103 Å². The number of rotatable bonds is 4. The fraction of sp³-hybridized carbons (Fsp3) is 0.533. The molecule has 1 aromatic carbocycles. The van der Waals surface area contributed by atoms with Gasteiger partial charge in [-0.25, -0.2) is 0 Å². The molecule has 2 rings (SSSR count). The first-order valence-electron chi connectivity index (χ1n) is 6.38. The van der Waals surface area contributed by atoms with Crippen molar-refractivity contribution < 1.29 is 9.53 Å². The van der Waals surface area contributed by atoms with Crippen LogP contribution in [0.3, 0.4) is 0 Å². The molecule has 17 heavy (non-hydrogen) atoms. The van der Waals surface area contributed by atoms with Gasteiger partial charge < -0.3 is 9.53 Å². The molecular formula is C15H20O2. The number of hydrogen-bond acceptors (Lipinski definition) is 2. The molecule has 0 aliphatic carbocycles. The molecule has 0 saturated heterocycles. The summed E-state index contributed by atoms with van der Waals surface area (Å²) >= 11 is 0. The SMILES string of the molecule is CC(=O)CC(C)CC1CCOc2ccccc21. The number of carbonyl (C=O) groups is 1. The summed E-state index contributed by atoms with van der Waals surface area (Å²) in [6, 6.07) is 8.27. The van der Waals surface area contributed by atoms with Gasteiger partial charge in [0.25, 0.3) is 0 Å². The molecule has 2 atom stereocenters. The van der Waals surface area contributed by atoms with Gasteiger partial charge in [0.1, 0.15) is 11.5 Å². The smallest absolute Gasteiger partial charge is 0.130 e. The highest BCUT2D eigenvalue weighted by molar-refractivity contribution is 5.75. The first-order valence-corrected chi connectivity index (χ1v) is 6.38. The summed E-state index contributed by atoms with van der Waals surface area (Å²) in [5.41, 5.74) is 1.31. The maximum atomic E-state index is 11.1. The van der Waals surface area contributed by atoms with Gasteiger partial charge in [-0.3, -0.25) is 0 Å². The normalized spacial score (nSPS) is 20.2. The second-order valence-electron chi connectivity index (χ2n) is 5.12.